The van der Waals surface area contributed by atoms with Gasteiger partial charge in [-0.25, -0.2) is 0 Å². The number of methoxy groups -OCH3 is 2. The van der Waals surface area contributed by atoms with Crippen LogP contribution in [0, 0.1) is 0 Å². The lowest BCUT2D eigenvalue weighted by Gasteiger charge is -2.12. The van der Waals surface area contributed by atoms with E-state index in [9.17, 15) is 9.90 Å². The van der Waals surface area contributed by atoms with Gasteiger partial charge in [0.25, 0.3) is 0 Å². The van der Waals surface area contributed by atoms with Gasteiger partial charge in [0.05, 0.1) is 26.2 Å². The number of rotatable bonds is 9. The molecule has 112 valence electrons. The summed E-state index contributed by atoms with van der Waals surface area (Å²) < 4.78 is 9.55. The van der Waals surface area contributed by atoms with Crippen LogP contribution in [-0.4, -0.2) is 44.6 Å². The van der Waals surface area contributed by atoms with Crippen LogP contribution in [0.3, 0.4) is 0 Å². The van der Waals surface area contributed by atoms with E-state index in [2.05, 4.69) is 10.1 Å². The molecule has 1 unspecified atom stereocenters. The lowest BCUT2D eigenvalue weighted by atomic mass is 10.0. The number of hydrogen-bond acceptors (Lipinski definition) is 5. The fraction of sp³-hybridized carbons (Fsp3) is 0.533. The van der Waals surface area contributed by atoms with Crippen molar-refractivity contribution in [2.24, 2.45) is 0 Å². The lowest BCUT2D eigenvalue weighted by molar-refractivity contribution is -0.139. The van der Waals surface area contributed by atoms with Gasteiger partial charge in [-0.05, 0) is 24.1 Å². The van der Waals surface area contributed by atoms with E-state index in [0.29, 0.717) is 26.1 Å². The van der Waals surface area contributed by atoms with Crippen molar-refractivity contribution in [2.75, 3.05) is 27.4 Å². The molecule has 5 heteroatoms. The Hall–Kier alpha value is -1.43. The minimum atomic E-state index is -0.446. The fourth-order valence-electron chi connectivity index (χ4n) is 1.90. The molecule has 2 N–H and O–H groups in total. The van der Waals surface area contributed by atoms with Crippen LogP contribution < -0.4 is 5.32 Å². The molecule has 0 aliphatic carbocycles. The molecule has 0 bridgehead atoms. The Balaban J connectivity index is 2.41. The summed E-state index contributed by atoms with van der Waals surface area (Å²) in [5.41, 5.74) is 2.03. The van der Waals surface area contributed by atoms with E-state index in [4.69, 9.17) is 4.74 Å². The molecule has 0 aromatic heterocycles. The number of aliphatic hydroxyl groups is 1. The molecule has 0 aliphatic rings. The Kier molecular flexibility index (Phi) is 7.87. The second-order valence-electron chi connectivity index (χ2n) is 4.60. The average Bonchev–Trinajstić information content (AvgIpc) is 2.45. The lowest BCUT2D eigenvalue weighted by Crippen LogP contribution is -2.23. The monoisotopic (exact) mass is 281 g/mol. The maximum Gasteiger partial charge on any atom is 0.309 e. The van der Waals surface area contributed by atoms with E-state index in [-0.39, 0.29) is 12.4 Å². The summed E-state index contributed by atoms with van der Waals surface area (Å²) in [6.45, 7) is 1.70. The van der Waals surface area contributed by atoms with E-state index in [1.807, 2.05) is 24.3 Å². The maximum atomic E-state index is 11.3. The molecule has 1 aromatic carbocycles. The van der Waals surface area contributed by atoms with Crippen LogP contribution in [0.1, 0.15) is 17.5 Å². The summed E-state index contributed by atoms with van der Waals surface area (Å²) in [6.07, 6.45) is 0.464. The molecule has 0 radical (unpaired) electrons. The van der Waals surface area contributed by atoms with Crippen molar-refractivity contribution in [3.05, 3.63) is 35.4 Å². The summed E-state index contributed by atoms with van der Waals surface area (Å²) in [6, 6.07) is 7.76. The molecular weight excluding hydrogens is 258 g/mol. The van der Waals surface area contributed by atoms with Gasteiger partial charge in [-0.3, -0.25) is 4.79 Å². The van der Waals surface area contributed by atoms with E-state index >= 15 is 0 Å². The highest BCUT2D eigenvalue weighted by Crippen LogP contribution is 2.10. The third-order valence-corrected chi connectivity index (χ3v) is 3.01. The number of esters is 1. The Morgan fingerprint density at radius 3 is 2.65 bits per heavy atom. The maximum absolute atomic E-state index is 11.3. The van der Waals surface area contributed by atoms with Gasteiger partial charge in [0.1, 0.15) is 0 Å². The van der Waals surface area contributed by atoms with Crippen LogP contribution in [0.2, 0.25) is 0 Å². The first-order valence-electron chi connectivity index (χ1n) is 6.68. The molecule has 0 amide bonds. The zero-order chi connectivity index (χ0) is 14.8. The van der Waals surface area contributed by atoms with E-state index in [1.54, 1.807) is 7.11 Å². The van der Waals surface area contributed by atoms with Crippen molar-refractivity contribution in [3.8, 4) is 0 Å². The van der Waals surface area contributed by atoms with Crippen molar-refractivity contribution >= 4 is 5.97 Å². The SMILES string of the molecule is COCC(O)CCNCc1ccccc1CC(=O)OC. The van der Waals surface area contributed by atoms with Gasteiger partial charge in [0.2, 0.25) is 0 Å². The Labute approximate surface area is 119 Å². The van der Waals surface area contributed by atoms with E-state index in [1.165, 1.54) is 7.11 Å². The highest BCUT2D eigenvalue weighted by molar-refractivity contribution is 5.72. The number of nitrogens with one attached hydrogen (secondary N) is 1. The van der Waals surface area contributed by atoms with Crippen LogP contribution in [0.25, 0.3) is 0 Å². The van der Waals surface area contributed by atoms with Gasteiger partial charge in [0.15, 0.2) is 0 Å². The Bertz CT molecular complexity index is 409. The zero-order valence-electron chi connectivity index (χ0n) is 12.1. The molecule has 0 aliphatic heterocycles. The second-order valence-corrected chi connectivity index (χ2v) is 4.60. The molecular formula is C15H23NO4. The van der Waals surface area contributed by atoms with Crippen LogP contribution >= 0.6 is 0 Å². The van der Waals surface area contributed by atoms with Crippen LogP contribution in [0.5, 0.6) is 0 Å². The predicted molar refractivity (Wildman–Crippen MR) is 76.4 cm³/mol. The van der Waals surface area contributed by atoms with Gasteiger partial charge >= 0.3 is 5.97 Å². The molecule has 5 nitrogen and oxygen atoms in total. The quantitative estimate of drug-likeness (QED) is 0.520. The largest absolute Gasteiger partial charge is 0.469 e. The van der Waals surface area contributed by atoms with Gasteiger partial charge in [-0.15, -0.1) is 0 Å². The highest BCUT2D eigenvalue weighted by Gasteiger charge is 2.08. The van der Waals surface area contributed by atoms with E-state index in [0.717, 1.165) is 11.1 Å². The molecule has 0 saturated heterocycles. The molecule has 1 atom stereocenters. The fourth-order valence-corrected chi connectivity index (χ4v) is 1.90. The van der Waals surface area contributed by atoms with Crippen molar-refractivity contribution in [1.82, 2.24) is 5.32 Å². The zero-order valence-corrected chi connectivity index (χ0v) is 12.1. The summed E-state index contributed by atoms with van der Waals surface area (Å²) in [7, 11) is 2.96. The molecule has 0 heterocycles. The Morgan fingerprint density at radius 1 is 1.30 bits per heavy atom. The smallest absolute Gasteiger partial charge is 0.309 e. The standard InChI is InChI=1S/C15H23NO4/c1-19-11-14(17)7-8-16-10-13-6-4-3-5-12(13)9-15(18)20-2/h3-6,14,16-17H,7-11H2,1-2H3. The number of aliphatic hydroxyl groups excluding tert-OH is 1. The normalized spacial score (nSPS) is 12.2. The first-order chi connectivity index (χ1) is 9.67. The summed E-state index contributed by atoms with van der Waals surface area (Å²) >= 11 is 0. The van der Waals surface area contributed by atoms with Gasteiger partial charge in [0, 0.05) is 13.7 Å². The highest BCUT2D eigenvalue weighted by atomic mass is 16.5. The van der Waals surface area contributed by atoms with Crippen molar-refractivity contribution in [2.45, 2.75) is 25.5 Å². The number of carbonyl (C=O) groups excluding carboxylic acids is 1. The first-order valence-corrected chi connectivity index (χ1v) is 6.68. The van der Waals surface area contributed by atoms with Crippen LogP contribution in [-0.2, 0) is 27.2 Å². The number of ether oxygens (including phenoxy) is 2. The number of carbonyl (C=O) groups is 1. The predicted octanol–water partition coefficient (Wildman–Crippen LogP) is 0.889. The van der Waals surface area contributed by atoms with Crippen molar-refractivity contribution in [3.63, 3.8) is 0 Å². The third-order valence-electron chi connectivity index (χ3n) is 3.01. The molecule has 1 aromatic rings. The summed E-state index contributed by atoms with van der Waals surface area (Å²) in [5.74, 6) is -0.243. The van der Waals surface area contributed by atoms with Gasteiger partial charge in [-0.1, -0.05) is 24.3 Å². The number of benzene rings is 1. The first kappa shape index (κ1) is 16.6. The second kappa shape index (κ2) is 9.47. The minimum Gasteiger partial charge on any atom is -0.469 e. The molecule has 0 saturated carbocycles. The number of hydrogen-bond donors (Lipinski definition) is 2. The van der Waals surface area contributed by atoms with Gasteiger partial charge < -0.3 is 19.9 Å². The van der Waals surface area contributed by atoms with Crippen LogP contribution in [0.4, 0.5) is 0 Å². The summed E-state index contributed by atoms with van der Waals surface area (Å²) in [4.78, 5) is 11.3. The molecule has 1 rings (SSSR count). The summed E-state index contributed by atoms with van der Waals surface area (Å²) in [5, 5.41) is 12.8. The van der Waals surface area contributed by atoms with Crippen molar-refractivity contribution in [1.29, 1.82) is 0 Å². The van der Waals surface area contributed by atoms with Crippen LogP contribution in [0.15, 0.2) is 24.3 Å². The average molecular weight is 281 g/mol. The molecule has 20 heavy (non-hydrogen) atoms. The Morgan fingerprint density at radius 2 is 2.00 bits per heavy atom. The topological polar surface area (TPSA) is 67.8 Å². The van der Waals surface area contributed by atoms with E-state index < -0.39 is 6.10 Å². The molecule has 0 spiro atoms. The van der Waals surface area contributed by atoms with Gasteiger partial charge in [-0.2, -0.15) is 0 Å². The van der Waals surface area contributed by atoms with Crippen molar-refractivity contribution < 1.29 is 19.4 Å². The third kappa shape index (κ3) is 6.14. The minimum absolute atomic E-state index is 0.243. The molecule has 0 fully saturated rings.